The fraction of sp³-hybridized carbons (Fsp3) is 0.364. The molecular weight excluding hydrogens is 693 g/mol. The van der Waals surface area contributed by atoms with E-state index >= 15 is 0 Å². The molecule has 11 nitrogen and oxygen atoms in total. The van der Waals surface area contributed by atoms with Crippen LogP contribution in [0.25, 0.3) is 21.5 Å². The van der Waals surface area contributed by atoms with Gasteiger partial charge in [0.1, 0.15) is 29.5 Å². The van der Waals surface area contributed by atoms with Crippen molar-refractivity contribution in [3.8, 4) is 5.75 Å². The van der Waals surface area contributed by atoms with Gasteiger partial charge in [0, 0.05) is 34.3 Å². The van der Waals surface area contributed by atoms with Gasteiger partial charge in [-0.25, -0.2) is 9.97 Å². The third-order valence-electron chi connectivity index (χ3n) is 9.12. The molecule has 3 aromatic carbocycles. The molecule has 2 heterocycles. The van der Waals surface area contributed by atoms with E-state index in [1.165, 1.54) is 6.07 Å². The van der Waals surface area contributed by atoms with Crippen molar-refractivity contribution >= 4 is 56.8 Å². The van der Waals surface area contributed by atoms with E-state index in [1.807, 2.05) is 76.2 Å². The summed E-state index contributed by atoms with van der Waals surface area (Å²) in [6.07, 6.45) is 8.05. The molecule has 4 amide bonds. The molecular formula is C44H52N6O5. The van der Waals surface area contributed by atoms with E-state index in [-0.39, 0.29) is 23.0 Å². The average molecular weight is 745 g/mol. The van der Waals surface area contributed by atoms with E-state index < -0.39 is 35.7 Å². The Hall–Kier alpha value is -5.84. The van der Waals surface area contributed by atoms with Gasteiger partial charge in [0.15, 0.2) is 0 Å². The van der Waals surface area contributed by atoms with Gasteiger partial charge >= 0.3 is 0 Å². The third-order valence-corrected chi connectivity index (χ3v) is 9.12. The van der Waals surface area contributed by atoms with E-state index in [0.717, 1.165) is 47.2 Å². The lowest BCUT2D eigenvalue weighted by atomic mass is 10.0. The summed E-state index contributed by atoms with van der Waals surface area (Å²) in [5.41, 5.74) is 0.290. The third kappa shape index (κ3) is 11.8. The van der Waals surface area contributed by atoms with Crippen LogP contribution in [0.4, 0.5) is 11.6 Å². The molecule has 288 valence electrons. The fourth-order valence-electron chi connectivity index (χ4n) is 6.28. The number of unbranched alkanes of at least 4 members (excludes halogenated alkanes) is 3. The first-order chi connectivity index (χ1) is 26.5. The molecule has 0 saturated heterocycles. The molecule has 0 saturated carbocycles. The number of hydrogen-bond donors (Lipinski definition) is 4. The largest absolute Gasteiger partial charge is 0.494 e. The minimum atomic E-state index is -0.889. The van der Waals surface area contributed by atoms with Crippen LogP contribution >= 0.6 is 0 Å². The van der Waals surface area contributed by atoms with Gasteiger partial charge in [-0.05, 0) is 72.2 Å². The molecule has 0 aliphatic heterocycles. The smallest absolute Gasteiger partial charge is 0.252 e. The van der Waals surface area contributed by atoms with E-state index in [0.29, 0.717) is 36.8 Å². The molecule has 0 bridgehead atoms. The van der Waals surface area contributed by atoms with Crippen LogP contribution in [0, 0.1) is 11.8 Å². The highest BCUT2D eigenvalue weighted by Gasteiger charge is 2.26. The number of aromatic nitrogens is 2. The van der Waals surface area contributed by atoms with Crippen LogP contribution in [0.2, 0.25) is 0 Å². The topological polar surface area (TPSA) is 151 Å². The Balaban J connectivity index is 1.36. The van der Waals surface area contributed by atoms with Crippen LogP contribution in [0.3, 0.4) is 0 Å². The Morgan fingerprint density at radius 1 is 0.600 bits per heavy atom. The number of benzene rings is 3. The second kappa shape index (κ2) is 19.5. The molecule has 5 aromatic rings. The zero-order valence-electron chi connectivity index (χ0n) is 32.4. The normalized spacial score (nSPS) is 12.3. The van der Waals surface area contributed by atoms with Crippen LogP contribution in [-0.2, 0) is 9.59 Å². The number of anilines is 2. The maximum atomic E-state index is 13.9. The first-order valence-electron chi connectivity index (χ1n) is 19.2. The number of amides is 4. The molecule has 0 spiro atoms. The molecule has 0 fully saturated rings. The number of nitrogens with zero attached hydrogens (tertiary/aromatic N) is 2. The Kier molecular flexibility index (Phi) is 14.3. The van der Waals surface area contributed by atoms with Crippen molar-refractivity contribution in [1.82, 2.24) is 20.6 Å². The van der Waals surface area contributed by atoms with Crippen LogP contribution in [-0.4, -0.2) is 52.3 Å². The second-order valence-electron chi connectivity index (χ2n) is 14.8. The van der Waals surface area contributed by atoms with Crippen molar-refractivity contribution in [2.24, 2.45) is 11.8 Å². The van der Waals surface area contributed by atoms with Gasteiger partial charge in [0.25, 0.3) is 11.8 Å². The fourth-order valence-corrected chi connectivity index (χ4v) is 6.28. The number of rotatable bonds is 18. The van der Waals surface area contributed by atoms with E-state index in [2.05, 4.69) is 38.2 Å². The summed E-state index contributed by atoms with van der Waals surface area (Å²) < 4.78 is 6.06. The number of carbonyl (C=O) groups is 4. The van der Waals surface area contributed by atoms with Crippen LogP contribution in [0.1, 0.15) is 93.9 Å². The summed E-state index contributed by atoms with van der Waals surface area (Å²) in [5, 5.41) is 15.2. The highest BCUT2D eigenvalue weighted by Crippen LogP contribution is 2.22. The maximum absolute atomic E-state index is 13.9. The van der Waals surface area contributed by atoms with Crippen molar-refractivity contribution in [2.45, 2.75) is 85.2 Å². The minimum Gasteiger partial charge on any atom is -0.494 e. The quantitative estimate of drug-likeness (QED) is 0.0659. The highest BCUT2D eigenvalue weighted by atomic mass is 16.5. The summed E-state index contributed by atoms with van der Waals surface area (Å²) in [6.45, 7) is 10.4. The lowest BCUT2D eigenvalue weighted by molar-refractivity contribution is -0.119. The molecule has 0 aliphatic carbocycles. The zero-order valence-corrected chi connectivity index (χ0v) is 32.4. The van der Waals surface area contributed by atoms with Crippen LogP contribution < -0.4 is 26.0 Å². The maximum Gasteiger partial charge on any atom is 0.252 e. The molecule has 2 aromatic heterocycles. The van der Waals surface area contributed by atoms with Gasteiger partial charge in [-0.15, -0.1) is 0 Å². The Morgan fingerprint density at radius 2 is 1.05 bits per heavy atom. The summed E-state index contributed by atoms with van der Waals surface area (Å²) >= 11 is 0. The van der Waals surface area contributed by atoms with E-state index in [4.69, 9.17) is 4.74 Å². The van der Waals surface area contributed by atoms with Gasteiger partial charge in [-0.1, -0.05) is 102 Å². The van der Waals surface area contributed by atoms with Crippen molar-refractivity contribution in [3.05, 3.63) is 102 Å². The SMILES string of the molecule is CCCCCCOc1cc(C(=O)N[C@@H](CC(C)C)C(=O)Nc2cc3ccccc3cn2)cc(C(=O)N[C@@H](CC(C)C)C(=O)Nc2cc3ccccc3cn2)c1. The molecule has 0 radical (unpaired) electrons. The van der Waals surface area contributed by atoms with Gasteiger partial charge in [0.05, 0.1) is 6.61 Å². The standard InChI is InChI=1S/C44H52N6O5/c1-6-7-8-13-18-55-36-22-34(41(51)47-37(19-28(2)3)43(53)49-39-24-30-14-9-11-16-32(30)26-45-39)21-35(23-36)42(52)48-38(20-29(4)5)44(54)50-40-25-31-15-10-12-17-33(31)27-46-40/h9-12,14-17,21-29,37-38H,6-8,13,18-20H2,1-5H3,(H,47,51)(H,48,52)(H,45,49,53)(H,46,50,54)/t37-,38-/m0/s1. The summed E-state index contributed by atoms with van der Waals surface area (Å²) in [4.78, 5) is 63.8. The molecule has 2 atom stereocenters. The lowest BCUT2D eigenvalue weighted by Crippen LogP contribution is -2.45. The van der Waals surface area contributed by atoms with Crippen molar-refractivity contribution in [1.29, 1.82) is 0 Å². The monoisotopic (exact) mass is 744 g/mol. The average Bonchev–Trinajstić information content (AvgIpc) is 3.16. The van der Waals surface area contributed by atoms with E-state index in [1.54, 1.807) is 36.7 Å². The molecule has 0 aliphatic rings. The second-order valence-corrected chi connectivity index (χ2v) is 14.8. The number of ether oxygens (including phenoxy) is 1. The van der Waals surface area contributed by atoms with Gasteiger partial charge in [-0.2, -0.15) is 0 Å². The Bertz CT molecular complexity index is 1980. The highest BCUT2D eigenvalue weighted by molar-refractivity contribution is 6.05. The van der Waals surface area contributed by atoms with Gasteiger partial charge < -0.3 is 26.0 Å². The summed E-state index contributed by atoms with van der Waals surface area (Å²) in [6, 6.07) is 21.8. The number of fused-ring (bicyclic) bond motifs is 2. The molecule has 55 heavy (non-hydrogen) atoms. The number of nitrogens with one attached hydrogen (secondary N) is 4. The van der Waals surface area contributed by atoms with Crippen LogP contribution in [0.5, 0.6) is 5.75 Å². The van der Waals surface area contributed by atoms with Crippen LogP contribution in [0.15, 0.2) is 91.3 Å². The first kappa shape index (κ1) is 40.3. The minimum absolute atomic E-state index is 0.0774. The van der Waals surface area contributed by atoms with E-state index in [9.17, 15) is 19.2 Å². The predicted molar refractivity (Wildman–Crippen MR) is 218 cm³/mol. The number of carbonyl (C=O) groups excluding carboxylic acids is 4. The Morgan fingerprint density at radius 3 is 1.49 bits per heavy atom. The van der Waals surface area contributed by atoms with Crippen molar-refractivity contribution in [2.75, 3.05) is 17.2 Å². The molecule has 11 heteroatoms. The number of hydrogen-bond acceptors (Lipinski definition) is 7. The lowest BCUT2D eigenvalue weighted by Gasteiger charge is -2.21. The number of pyridine rings is 2. The van der Waals surface area contributed by atoms with Gasteiger partial charge in [-0.3, -0.25) is 19.2 Å². The molecule has 0 unspecified atom stereocenters. The van der Waals surface area contributed by atoms with Gasteiger partial charge in [0.2, 0.25) is 11.8 Å². The first-order valence-corrected chi connectivity index (χ1v) is 19.2. The zero-order chi connectivity index (χ0) is 39.3. The Labute approximate surface area is 323 Å². The molecule has 4 N–H and O–H groups in total. The molecule has 5 rings (SSSR count). The summed E-state index contributed by atoms with van der Waals surface area (Å²) in [5.74, 6) is -0.662. The van der Waals surface area contributed by atoms with Crippen molar-refractivity contribution in [3.63, 3.8) is 0 Å². The predicted octanol–water partition coefficient (Wildman–Crippen LogP) is 8.31. The summed E-state index contributed by atoms with van der Waals surface area (Å²) in [7, 11) is 0. The van der Waals surface area contributed by atoms with Crippen molar-refractivity contribution < 1.29 is 23.9 Å².